The molecule has 0 aliphatic carbocycles. The van der Waals surface area contributed by atoms with Crippen LogP contribution >= 0.6 is 11.3 Å². The molecule has 102 valence electrons. The maximum Gasteiger partial charge on any atom is 0.165 e. The van der Waals surface area contributed by atoms with Crippen LogP contribution in [0.15, 0.2) is 29.9 Å². The average molecular weight is 284 g/mol. The van der Waals surface area contributed by atoms with Crippen molar-refractivity contribution in [3.05, 3.63) is 35.5 Å². The van der Waals surface area contributed by atoms with Crippen LogP contribution in [0.5, 0.6) is 0 Å². The topological polar surface area (TPSA) is 64.7 Å². The summed E-state index contributed by atoms with van der Waals surface area (Å²) in [6.45, 7) is 4.40. The van der Waals surface area contributed by atoms with Gasteiger partial charge in [0.25, 0.3) is 0 Å². The number of hydrogen-bond donors (Lipinski definition) is 1. The average Bonchev–Trinajstić information content (AvgIpc) is 2.92. The summed E-state index contributed by atoms with van der Waals surface area (Å²) in [5.74, 6) is 1.05. The summed E-state index contributed by atoms with van der Waals surface area (Å²) in [6, 6.07) is 6.22. The van der Waals surface area contributed by atoms with E-state index in [2.05, 4.69) is 41.3 Å². The van der Waals surface area contributed by atoms with E-state index < -0.39 is 0 Å². The van der Waals surface area contributed by atoms with E-state index in [1.807, 2.05) is 6.07 Å². The van der Waals surface area contributed by atoms with Crippen LogP contribution in [0.4, 0.5) is 5.82 Å². The van der Waals surface area contributed by atoms with Crippen molar-refractivity contribution < 1.29 is 0 Å². The highest BCUT2D eigenvalue weighted by Gasteiger charge is 2.13. The molecule has 0 aliphatic heterocycles. The van der Waals surface area contributed by atoms with E-state index in [0.29, 0.717) is 17.4 Å². The first kappa shape index (κ1) is 13.0. The first-order valence-corrected chi connectivity index (χ1v) is 7.47. The van der Waals surface area contributed by atoms with Crippen LogP contribution in [0.1, 0.15) is 19.4 Å². The zero-order valence-electron chi connectivity index (χ0n) is 11.5. The number of rotatable bonds is 3. The molecular formula is C15H16N4S. The summed E-state index contributed by atoms with van der Waals surface area (Å²) in [5, 5.41) is 2.90. The Hall–Kier alpha value is -2.01. The molecule has 3 aromatic heterocycles. The Kier molecular flexibility index (Phi) is 3.36. The predicted octanol–water partition coefficient (Wildman–Crippen LogP) is 3.53. The smallest absolute Gasteiger partial charge is 0.165 e. The van der Waals surface area contributed by atoms with E-state index in [1.54, 1.807) is 11.3 Å². The number of pyridine rings is 1. The summed E-state index contributed by atoms with van der Waals surface area (Å²) >= 11 is 1.69. The third-order valence-corrected chi connectivity index (χ3v) is 3.99. The third kappa shape index (κ3) is 2.36. The van der Waals surface area contributed by atoms with Crippen LogP contribution < -0.4 is 5.73 Å². The van der Waals surface area contributed by atoms with E-state index in [4.69, 9.17) is 10.7 Å². The molecule has 3 aromatic rings. The minimum Gasteiger partial charge on any atom is -0.383 e. The first-order chi connectivity index (χ1) is 9.65. The maximum atomic E-state index is 5.94. The molecule has 0 aliphatic rings. The SMILES string of the molecule is CC(C)Cc1cc2c(N)ncnc2nc1-c1cccs1. The van der Waals surface area contributed by atoms with Gasteiger partial charge in [-0.2, -0.15) is 0 Å². The van der Waals surface area contributed by atoms with Gasteiger partial charge in [0.1, 0.15) is 12.1 Å². The van der Waals surface area contributed by atoms with E-state index in [-0.39, 0.29) is 0 Å². The summed E-state index contributed by atoms with van der Waals surface area (Å²) in [7, 11) is 0. The maximum absolute atomic E-state index is 5.94. The molecule has 3 heterocycles. The van der Waals surface area contributed by atoms with Gasteiger partial charge in [-0.05, 0) is 35.4 Å². The Morgan fingerprint density at radius 1 is 1.30 bits per heavy atom. The van der Waals surface area contributed by atoms with Crippen LogP contribution in [0.2, 0.25) is 0 Å². The van der Waals surface area contributed by atoms with Crippen LogP contribution in [0.3, 0.4) is 0 Å². The minimum atomic E-state index is 0.491. The van der Waals surface area contributed by atoms with Crippen LogP contribution in [0, 0.1) is 5.92 Å². The quantitative estimate of drug-likeness (QED) is 0.799. The highest BCUT2D eigenvalue weighted by atomic mass is 32.1. The molecule has 3 rings (SSSR count). The Labute approximate surface area is 121 Å². The number of anilines is 1. The molecule has 0 saturated heterocycles. The van der Waals surface area contributed by atoms with Gasteiger partial charge in [-0.15, -0.1) is 11.3 Å². The zero-order valence-corrected chi connectivity index (χ0v) is 12.3. The van der Waals surface area contributed by atoms with Gasteiger partial charge >= 0.3 is 0 Å². The second-order valence-electron chi connectivity index (χ2n) is 5.20. The molecule has 0 spiro atoms. The van der Waals surface area contributed by atoms with Gasteiger partial charge in [0.05, 0.1) is 16.0 Å². The lowest BCUT2D eigenvalue weighted by Gasteiger charge is -2.11. The van der Waals surface area contributed by atoms with E-state index in [0.717, 1.165) is 17.5 Å². The Morgan fingerprint density at radius 3 is 2.85 bits per heavy atom. The van der Waals surface area contributed by atoms with Crippen molar-refractivity contribution in [1.82, 2.24) is 15.0 Å². The third-order valence-electron chi connectivity index (χ3n) is 3.12. The molecule has 0 amide bonds. The summed E-state index contributed by atoms with van der Waals surface area (Å²) in [4.78, 5) is 14.2. The number of thiophene rings is 1. The lowest BCUT2D eigenvalue weighted by Crippen LogP contribution is -2.02. The molecule has 0 bridgehead atoms. The van der Waals surface area contributed by atoms with Crippen molar-refractivity contribution >= 4 is 28.2 Å². The number of nitrogens with two attached hydrogens (primary N) is 1. The summed E-state index contributed by atoms with van der Waals surface area (Å²) < 4.78 is 0. The number of fused-ring (bicyclic) bond motifs is 1. The number of nitrogen functional groups attached to an aromatic ring is 1. The molecular weight excluding hydrogens is 268 g/mol. The van der Waals surface area contributed by atoms with Crippen molar-refractivity contribution in [2.45, 2.75) is 20.3 Å². The first-order valence-electron chi connectivity index (χ1n) is 6.59. The Balaban J connectivity index is 2.25. The molecule has 0 aromatic carbocycles. The van der Waals surface area contributed by atoms with E-state index in [1.165, 1.54) is 16.8 Å². The normalized spacial score (nSPS) is 11.3. The molecule has 0 saturated carbocycles. The fraction of sp³-hybridized carbons (Fsp3) is 0.267. The van der Waals surface area contributed by atoms with Gasteiger partial charge in [-0.3, -0.25) is 0 Å². The number of aromatic nitrogens is 3. The number of hydrogen-bond acceptors (Lipinski definition) is 5. The zero-order chi connectivity index (χ0) is 14.1. The van der Waals surface area contributed by atoms with Crippen LogP contribution in [0.25, 0.3) is 21.6 Å². The monoisotopic (exact) mass is 284 g/mol. The van der Waals surface area contributed by atoms with E-state index >= 15 is 0 Å². The van der Waals surface area contributed by atoms with Crippen molar-refractivity contribution in [2.24, 2.45) is 5.92 Å². The fourth-order valence-electron chi connectivity index (χ4n) is 2.27. The van der Waals surface area contributed by atoms with E-state index in [9.17, 15) is 0 Å². The highest BCUT2D eigenvalue weighted by Crippen LogP contribution is 2.31. The molecule has 4 nitrogen and oxygen atoms in total. The molecule has 0 unspecified atom stereocenters. The Bertz CT molecular complexity index is 735. The van der Waals surface area contributed by atoms with Crippen molar-refractivity contribution in [3.63, 3.8) is 0 Å². The van der Waals surface area contributed by atoms with Crippen LogP contribution in [-0.4, -0.2) is 15.0 Å². The Morgan fingerprint density at radius 2 is 2.15 bits per heavy atom. The largest absolute Gasteiger partial charge is 0.383 e. The lowest BCUT2D eigenvalue weighted by molar-refractivity contribution is 0.647. The van der Waals surface area contributed by atoms with Crippen molar-refractivity contribution in [1.29, 1.82) is 0 Å². The summed E-state index contributed by atoms with van der Waals surface area (Å²) in [6.07, 6.45) is 2.43. The van der Waals surface area contributed by atoms with Gasteiger partial charge in [0.15, 0.2) is 5.65 Å². The summed E-state index contributed by atoms with van der Waals surface area (Å²) in [5.41, 5.74) is 8.82. The molecule has 20 heavy (non-hydrogen) atoms. The molecule has 0 atom stereocenters. The molecule has 5 heteroatoms. The molecule has 0 radical (unpaired) electrons. The lowest BCUT2D eigenvalue weighted by atomic mass is 9.99. The van der Waals surface area contributed by atoms with Gasteiger partial charge in [0, 0.05) is 0 Å². The second-order valence-corrected chi connectivity index (χ2v) is 6.15. The van der Waals surface area contributed by atoms with Gasteiger partial charge < -0.3 is 5.73 Å². The van der Waals surface area contributed by atoms with Gasteiger partial charge in [-0.25, -0.2) is 15.0 Å². The van der Waals surface area contributed by atoms with Crippen molar-refractivity contribution in [2.75, 3.05) is 5.73 Å². The van der Waals surface area contributed by atoms with Gasteiger partial charge in [0.2, 0.25) is 0 Å². The fourth-order valence-corrected chi connectivity index (χ4v) is 3.02. The minimum absolute atomic E-state index is 0.491. The standard InChI is InChI=1S/C15H16N4S/c1-9(2)6-10-7-11-14(16)17-8-18-15(11)19-13(10)12-4-3-5-20-12/h3-5,7-9H,6H2,1-2H3,(H2,16,17,18,19). The number of nitrogens with zero attached hydrogens (tertiary/aromatic N) is 3. The van der Waals surface area contributed by atoms with Crippen LogP contribution in [-0.2, 0) is 6.42 Å². The predicted molar refractivity (Wildman–Crippen MR) is 83.6 cm³/mol. The second kappa shape index (κ2) is 5.17. The molecule has 2 N–H and O–H groups in total. The van der Waals surface area contributed by atoms with Gasteiger partial charge in [-0.1, -0.05) is 19.9 Å². The molecule has 0 fully saturated rings. The van der Waals surface area contributed by atoms with Crippen molar-refractivity contribution in [3.8, 4) is 10.6 Å². The highest BCUT2D eigenvalue weighted by molar-refractivity contribution is 7.13.